The summed E-state index contributed by atoms with van der Waals surface area (Å²) in [6.07, 6.45) is 2.37. The fraction of sp³-hybridized carbons (Fsp3) is 0.227. The number of ether oxygens (including phenoxy) is 1. The van der Waals surface area contributed by atoms with Crippen molar-refractivity contribution in [1.29, 1.82) is 0 Å². The van der Waals surface area contributed by atoms with E-state index in [1.165, 1.54) is 5.56 Å². The van der Waals surface area contributed by atoms with Crippen LogP contribution in [0.5, 0.6) is 5.75 Å². The quantitative estimate of drug-likeness (QED) is 0.756. The fourth-order valence-corrected chi connectivity index (χ4v) is 4.15. The highest BCUT2D eigenvalue weighted by molar-refractivity contribution is 5.97. The SMILES string of the molecule is CC1N=c2ccccc2=C(c2ccc3c4c(ccnc24)CCO3)N1CC(=O)O. The predicted octanol–water partition coefficient (Wildman–Crippen LogP) is 1.69. The van der Waals surface area contributed by atoms with Crippen molar-refractivity contribution in [2.24, 2.45) is 4.99 Å². The molecule has 1 aromatic heterocycles. The summed E-state index contributed by atoms with van der Waals surface area (Å²) < 4.78 is 5.84. The number of fused-ring (bicyclic) bond motifs is 1. The summed E-state index contributed by atoms with van der Waals surface area (Å²) in [4.78, 5) is 22.8. The van der Waals surface area contributed by atoms with Crippen LogP contribution in [-0.4, -0.2) is 40.3 Å². The number of carbonyl (C=O) groups is 1. The molecule has 0 fully saturated rings. The van der Waals surface area contributed by atoms with Crippen LogP contribution in [0.2, 0.25) is 0 Å². The Morgan fingerprint density at radius 3 is 2.96 bits per heavy atom. The molecular weight excluding hydrogens is 354 g/mol. The number of nitrogens with zero attached hydrogens (tertiary/aromatic N) is 3. The highest BCUT2D eigenvalue weighted by Crippen LogP contribution is 2.36. The van der Waals surface area contributed by atoms with Gasteiger partial charge in [-0.05, 0) is 36.8 Å². The third-order valence-electron chi connectivity index (χ3n) is 5.35. The maximum absolute atomic E-state index is 11.6. The predicted molar refractivity (Wildman–Crippen MR) is 104 cm³/mol. The number of hydrogen-bond acceptors (Lipinski definition) is 5. The molecule has 1 N–H and O–H groups in total. The van der Waals surface area contributed by atoms with Crippen molar-refractivity contribution >= 4 is 22.6 Å². The minimum atomic E-state index is -0.891. The summed E-state index contributed by atoms with van der Waals surface area (Å²) in [6.45, 7) is 2.44. The molecule has 140 valence electrons. The third-order valence-corrected chi connectivity index (χ3v) is 5.35. The highest BCUT2D eigenvalue weighted by atomic mass is 16.5. The van der Waals surface area contributed by atoms with Crippen molar-refractivity contribution in [3.8, 4) is 5.75 Å². The molecule has 0 saturated carbocycles. The maximum atomic E-state index is 11.6. The van der Waals surface area contributed by atoms with E-state index in [0.29, 0.717) is 6.61 Å². The number of aliphatic carboxylic acids is 1. The zero-order chi connectivity index (χ0) is 19.3. The van der Waals surface area contributed by atoms with E-state index >= 15 is 0 Å². The molecule has 6 heteroatoms. The highest BCUT2D eigenvalue weighted by Gasteiger charge is 2.27. The molecule has 3 aromatic rings. The van der Waals surface area contributed by atoms with E-state index in [4.69, 9.17) is 9.73 Å². The molecule has 2 aliphatic rings. The number of carboxylic acids is 1. The molecule has 0 spiro atoms. The van der Waals surface area contributed by atoms with Crippen LogP contribution in [0.25, 0.3) is 16.6 Å². The van der Waals surface area contributed by atoms with Gasteiger partial charge in [0.1, 0.15) is 18.5 Å². The lowest BCUT2D eigenvalue weighted by atomic mass is 9.97. The number of aromatic nitrogens is 1. The average molecular weight is 373 g/mol. The second-order valence-corrected chi connectivity index (χ2v) is 7.05. The molecule has 6 nitrogen and oxygen atoms in total. The van der Waals surface area contributed by atoms with Crippen LogP contribution < -0.4 is 15.3 Å². The number of hydrogen-bond donors (Lipinski definition) is 1. The van der Waals surface area contributed by atoms with Gasteiger partial charge in [-0.2, -0.15) is 0 Å². The van der Waals surface area contributed by atoms with Gasteiger partial charge in [0, 0.05) is 28.8 Å². The second kappa shape index (κ2) is 6.34. The van der Waals surface area contributed by atoms with Gasteiger partial charge in [-0.25, -0.2) is 0 Å². The first kappa shape index (κ1) is 16.7. The molecule has 0 bridgehead atoms. The van der Waals surface area contributed by atoms with Crippen LogP contribution in [0.1, 0.15) is 18.1 Å². The summed E-state index contributed by atoms with van der Waals surface area (Å²) in [6, 6.07) is 13.8. The van der Waals surface area contributed by atoms with Crippen LogP contribution in [0, 0.1) is 0 Å². The number of benzene rings is 2. The normalized spacial score (nSPS) is 17.7. The van der Waals surface area contributed by atoms with Crippen molar-refractivity contribution in [2.75, 3.05) is 13.2 Å². The van der Waals surface area contributed by atoms with Gasteiger partial charge in [-0.15, -0.1) is 0 Å². The number of para-hydroxylation sites is 1. The van der Waals surface area contributed by atoms with Crippen molar-refractivity contribution in [1.82, 2.24) is 9.88 Å². The van der Waals surface area contributed by atoms with Crippen molar-refractivity contribution in [3.63, 3.8) is 0 Å². The molecule has 5 rings (SSSR count). The zero-order valence-corrected chi connectivity index (χ0v) is 15.4. The smallest absolute Gasteiger partial charge is 0.323 e. The average Bonchev–Trinajstić information content (AvgIpc) is 2.70. The molecule has 0 aliphatic carbocycles. The molecule has 0 radical (unpaired) electrons. The summed E-state index contributed by atoms with van der Waals surface area (Å²) in [5, 5.41) is 12.3. The first-order valence-electron chi connectivity index (χ1n) is 9.33. The summed E-state index contributed by atoms with van der Waals surface area (Å²) in [5.74, 6) is -0.0572. The molecular formula is C22H19N3O3. The van der Waals surface area contributed by atoms with Crippen LogP contribution >= 0.6 is 0 Å². The van der Waals surface area contributed by atoms with E-state index in [1.807, 2.05) is 60.5 Å². The molecule has 0 amide bonds. The monoisotopic (exact) mass is 373 g/mol. The lowest BCUT2D eigenvalue weighted by Gasteiger charge is -2.33. The lowest BCUT2D eigenvalue weighted by molar-refractivity contribution is -0.137. The summed E-state index contributed by atoms with van der Waals surface area (Å²) >= 11 is 0. The Morgan fingerprint density at radius 1 is 1.25 bits per heavy atom. The Morgan fingerprint density at radius 2 is 2.11 bits per heavy atom. The minimum Gasteiger partial charge on any atom is -0.493 e. The molecule has 0 saturated heterocycles. The first-order valence-corrected chi connectivity index (χ1v) is 9.33. The van der Waals surface area contributed by atoms with E-state index in [9.17, 15) is 9.90 Å². The zero-order valence-electron chi connectivity index (χ0n) is 15.4. The van der Waals surface area contributed by atoms with Gasteiger partial charge in [-0.3, -0.25) is 14.8 Å². The molecule has 3 heterocycles. The maximum Gasteiger partial charge on any atom is 0.323 e. The number of carboxylic acid groups (broad SMARTS) is 1. The molecule has 2 aliphatic heterocycles. The Kier molecular flexibility index (Phi) is 3.79. The van der Waals surface area contributed by atoms with Gasteiger partial charge >= 0.3 is 5.97 Å². The van der Waals surface area contributed by atoms with Crippen molar-refractivity contribution < 1.29 is 14.6 Å². The second-order valence-electron chi connectivity index (χ2n) is 7.05. The Bertz CT molecular complexity index is 1230. The van der Waals surface area contributed by atoms with Crippen LogP contribution in [0.4, 0.5) is 0 Å². The third kappa shape index (κ3) is 2.52. The van der Waals surface area contributed by atoms with Gasteiger partial charge in [-0.1, -0.05) is 18.2 Å². The van der Waals surface area contributed by atoms with E-state index in [1.54, 1.807) is 0 Å². The summed E-state index contributed by atoms with van der Waals surface area (Å²) in [5.41, 5.74) is 3.80. The Labute approximate surface area is 161 Å². The largest absolute Gasteiger partial charge is 0.493 e. The summed E-state index contributed by atoms with van der Waals surface area (Å²) in [7, 11) is 0. The van der Waals surface area contributed by atoms with Crippen molar-refractivity contribution in [3.05, 3.63) is 70.4 Å². The van der Waals surface area contributed by atoms with Gasteiger partial charge < -0.3 is 14.7 Å². The minimum absolute atomic E-state index is 0.131. The van der Waals surface area contributed by atoms with Gasteiger partial charge in [0.2, 0.25) is 0 Å². The van der Waals surface area contributed by atoms with Gasteiger partial charge in [0.05, 0.1) is 23.2 Å². The molecule has 2 aromatic carbocycles. The van der Waals surface area contributed by atoms with E-state index in [-0.39, 0.29) is 12.7 Å². The van der Waals surface area contributed by atoms with Crippen LogP contribution in [0.15, 0.2) is 53.7 Å². The topological polar surface area (TPSA) is 75.0 Å². The molecule has 1 atom stereocenters. The van der Waals surface area contributed by atoms with Gasteiger partial charge in [0.15, 0.2) is 0 Å². The Hall–Kier alpha value is -3.41. The lowest BCUT2D eigenvalue weighted by Crippen LogP contribution is -2.46. The molecule has 1 unspecified atom stereocenters. The van der Waals surface area contributed by atoms with Gasteiger partial charge in [0.25, 0.3) is 0 Å². The van der Waals surface area contributed by atoms with Crippen LogP contribution in [-0.2, 0) is 11.2 Å². The first-order chi connectivity index (χ1) is 13.6. The number of pyridine rings is 1. The van der Waals surface area contributed by atoms with E-state index in [2.05, 4.69) is 4.98 Å². The van der Waals surface area contributed by atoms with E-state index < -0.39 is 5.97 Å². The van der Waals surface area contributed by atoms with Crippen LogP contribution in [0.3, 0.4) is 0 Å². The fourth-order valence-electron chi connectivity index (χ4n) is 4.15. The Balaban J connectivity index is 1.88. The number of rotatable bonds is 3. The van der Waals surface area contributed by atoms with E-state index in [0.717, 1.165) is 44.9 Å². The standard InChI is InChI=1S/C22H19N3O3/c1-13-24-17-5-3-2-4-15(17)22(25(13)12-19(26)27)16-6-7-18-20-14(9-11-28-18)8-10-23-21(16)20/h2-8,10,13H,9,11-12H2,1H3,(H,26,27). The molecule has 28 heavy (non-hydrogen) atoms. The van der Waals surface area contributed by atoms with Crippen molar-refractivity contribution in [2.45, 2.75) is 19.5 Å².